The van der Waals surface area contributed by atoms with Gasteiger partial charge in [0.2, 0.25) is 0 Å². The molecule has 1 saturated heterocycles. The second kappa shape index (κ2) is 7.90. The summed E-state index contributed by atoms with van der Waals surface area (Å²) in [5.41, 5.74) is 2.61. The smallest absolute Gasteiger partial charge is 0.124 e. The first-order valence-electron chi connectivity index (χ1n) is 9.52. The van der Waals surface area contributed by atoms with Crippen LogP contribution in [0.15, 0.2) is 66.7 Å². The maximum atomic E-state index is 5.92. The van der Waals surface area contributed by atoms with E-state index in [1.54, 1.807) is 0 Å². The van der Waals surface area contributed by atoms with Crippen molar-refractivity contribution in [3.8, 4) is 5.75 Å². The molecule has 1 fully saturated rings. The van der Waals surface area contributed by atoms with Gasteiger partial charge in [-0.1, -0.05) is 60.7 Å². The molecular weight excluding hydrogens is 320 g/mol. The zero-order chi connectivity index (χ0) is 17.8. The van der Waals surface area contributed by atoms with Crippen molar-refractivity contribution in [2.45, 2.75) is 32.0 Å². The molecule has 1 aliphatic rings. The third-order valence-corrected chi connectivity index (χ3v) is 5.22. The number of benzene rings is 3. The van der Waals surface area contributed by atoms with E-state index in [1.165, 1.54) is 21.9 Å². The largest absolute Gasteiger partial charge is 0.494 e. The Bertz CT molecular complexity index is 862. The van der Waals surface area contributed by atoms with Crippen molar-refractivity contribution >= 4 is 10.8 Å². The van der Waals surface area contributed by atoms with Crippen LogP contribution in [0, 0.1) is 0 Å². The second-order valence-electron chi connectivity index (χ2n) is 6.81. The molecule has 0 spiro atoms. The fraction of sp³-hybridized carbons (Fsp3) is 0.304. The fourth-order valence-corrected chi connectivity index (χ4v) is 3.96. The number of hydrogen-bond donors (Lipinski definition) is 2. The first-order valence-corrected chi connectivity index (χ1v) is 9.52. The molecule has 0 unspecified atom stereocenters. The van der Waals surface area contributed by atoms with Crippen LogP contribution in [0.2, 0.25) is 0 Å². The summed E-state index contributed by atoms with van der Waals surface area (Å²) in [6, 6.07) is 24.3. The summed E-state index contributed by atoms with van der Waals surface area (Å²) in [4.78, 5) is 0. The monoisotopic (exact) mass is 346 g/mol. The highest BCUT2D eigenvalue weighted by Crippen LogP contribution is 2.30. The van der Waals surface area contributed by atoms with E-state index in [2.05, 4.69) is 77.4 Å². The van der Waals surface area contributed by atoms with E-state index in [4.69, 9.17) is 4.74 Å². The standard InChI is InChI=1S/C23H26N2O/c1-2-26-22-13-12-17-8-6-7-11-19(17)20(22)16-25-21-14-15-24-23(21)18-9-4-3-5-10-18/h3-13,21,23-25H,2,14-16H2,1H3/t21-,23-/m1/s1. The Morgan fingerprint density at radius 3 is 2.65 bits per heavy atom. The molecule has 0 bridgehead atoms. The van der Waals surface area contributed by atoms with E-state index in [1.807, 2.05) is 6.92 Å². The molecule has 0 saturated carbocycles. The lowest BCUT2D eigenvalue weighted by atomic mass is 9.99. The molecule has 3 nitrogen and oxygen atoms in total. The molecule has 3 aromatic rings. The van der Waals surface area contributed by atoms with Crippen molar-refractivity contribution in [1.29, 1.82) is 0 Å². The lowest BCUT2D eigenvalue weighted by Crippen LogP contribution is -2.34. The van der Waals surface area contributed by atoms with Gasteiger partial charge in [0, 0.05) is 24.2 Å². The normalized spacial score (nSPS) is 19.7. The highest BCUT2D eigenvalue weighted by Gasteiger charge is 2.27. The van der Waals surface area contributed by atoms with Crippen molar-refractivity contribution in [3.05, 3.63) is 77.9 Å². The van der Waals surface area contributed by atoms with Gasteiger partial charge in [-0.15, -0.1) is 0 Å². The third-order valence-electron chi connectivity index (χ3n) is 5.22. The van der Waals surface area contributed by atoms with Crippen molar-refractivity contribution in [2.75, 3.05) is 13.2 Å². The molecule has 2 N–H and O–H groups in total. The molecule has 0 aromatic heterocycles. The van der Waals surface area contributed by atoms with Gasteiger partial charge in [0.25, 0.3) is 0 Å². The van der Waals surface area contributed by atoms with Gasteiger partial charge in [-0.3, -0.25) is 0 Å². The Balaban J connectivity index is 1.58. The van der Waals surface area contributed by atoms with Crippen LogP contribution in [0.25, 0.3) is 10.8 Å². The van der Waals surface area contributed by atoms with E-state index in [0.29, 0.717) is 18.7 Å². The van der Waals surface area contributed by atoms with Crippen molar-refractivity contribution < 1.29 is 4.74 Å². The number of fused-ring (bicyclic) bond motifs is 1. The Hall–Kier alpha value is -2.36. The van der Waals surface area contributed by atoms with Crippen LogP contribution in [0.4, 0.5) is 0 Å². The zero-order valence-electron chi connectivity index (χ0n) is 15.2. The van der Waals surface area contributed by atoms with Gasteiger partial charge in [0.1, 0.15) is 5.75 Å². The third kappa shape index (κ3) is 3.46. The minimum absolute atomic E-state index is 0.363. The van der Waals surface area contributed by atoms with E-state index in [0.717, 1.165) is 25.3 Å². The molecule has 1 aliphatic heterocycles. The minimum Gasteiger partial charge on any atom is -0.494 e. The van der Waals surface area contributed by atoms with Crippen LogP contribution in [0.3, 0.4) is 0 Å². The molecule has 3 heteroatoms. The summed E-state index contributed by atoms with van der Waals surface area (Å²) in [6.07, 6.45) is 1.13. The average Bonchev–Trinajstić information content (AvgIpc) is 3.16. The quantitative estimate of drug-likeness (QED) is 0.693. The Morgan fingerprint density at radius 1 is 1.00 bits per heavy atom. The number of ether oxygens (including phenoxy) is 1. The van der Waals surface area contributed by atoms with Gasteiger partial charge in [0.05, 0.1) is 6.61 Å². The maximum Gasteiger partial charge on any atom is 0.124 e. The van der Waals surface area contributed by atoms with Crippen LogP contribution in [-0.2, 0) is 6.54 Å². The summed E-state index contributed by atoms with van der Waals surface area (Å²) in [5.74, 6) is 0.987. The summed E-state index contributed by atoms with van der Waals surface area (Å²) in [5, 5.41) is 9.97. The minimum atomic E-state index is 0.363. The van der Waals surface area contributed by atoms with Gasteiger partial charge in [-0.25, -0.2) is 0 Å². The summed E-state index contributed by atoms with van der Waals surface area (Å²) >= 11 is 0. The van der Waals surface area contributed by atoms with Crippen LogP contribution in [0.5, 0.6) is 5.75 Å². The Labute approximate surface area is 155 Å². The molecule has 4 rings (SSSR count). The summed E-state index contributed by atoms with van der Waals surface area (Å²) in [7, 11) is 0. The molecule has 26 heavy (non-hydrogen) atoms. The topological polar surface area (TPSA) is 33.3 Å². The first-order chi connectivity index (χ1) is 12.9. The first kappa shape index (κ1) is 17.1. The summed E-state index contributed by atoms with van der Waals surface area (Å²) < 4.78 is 5.92. The van der Waals surface area contributed by atoms with Gasteiger partial charge in [0.15, 0.2) is 0 Å². The molecule has 2 atom stereocenters. The molecular formula is C23H26N2O. The van der Waals surface area contributed by atoms with Crippen LogP contribution < -0.4 is 15.4 Å². The Morgan fingerprint density at radius 2 is 1.81 bits per heavy atom. The highest BCUT2D eigenvalue weighted by molar-refractivity contribution is 5.87. The molecule has 0 amide bonds. The predicted octanol–water partition coefficient (Wildman–Crippen LogP) is 4.43. The summed E-state index contributed by atoms with van der Waals surface area (Å²) in [6.45, 7) is 4.58. The molecule has 0 radical (unpaired) electrons. The van der Waals surface area contributed by atoms with Crippen LogP contribution in [-0.4, -0.2) is 19.2 Å². The van der Waals surface area contributed by atoms with E-state index < -0.39 is 0 Å². The van der Waals surface area contributed by atoms with Gasteiger partial charge < -0.3 is 15.4 Å². The fourth-order valence-electron chi connectivity index (χ4n) is 3.96. The predicted molar refractivity (Wildman–Crippen MR) is 108 cm³/mol. The number of hydrogen-bond acceptors (Lipinski definition) is 3. The van der Waals surface area contributed by atoms with E-state index in [9.17, 15) is 0 Å². The van der Waals surface area contributed by atoms with E-state index >= 15 is 0 Å². The number of nitrogens with one attached hydrogen (secondary N) is 2. The lowest BCUT2D eigenvalue weighted by molar-refractivity contribution is 0.334. The SMILES string of the molecule is CCOc1ccc2ccccc2c1CN[C@@H]1CCN[C@@H]1c1ccccc1. The van der Waals surface area contributed by atoms with Gasteiger partial charge in [-0.2, -0.15) is 0 Å². The zero-order valence-corrected chi connectivity index (χ0v) is 15.2. The highest BCUT2D eigenvalue weighted by atomic mass is 16.5. The lowest BCUT2D eigenvalue weighted by Gasteiger charge is -2.23. The Kier molecular flexibility index (Phi) is 5.19. The van der Waals surface area contributed by atoms with Crippen molar-refractivity contribution in [3.63, 3.8) is 0 Å². The van der Waals surface area contributed by atoms with Crippen molar-refractivity contribution in [1.82, 2.24) is 10.6 Å². The van der Waals surface area contributed by atoms with E-state index in [-0.39, 0.29) is 0 Å². The number of rotatable bonds is 6. The molecule has 134 valence electrons. The second-order valence-corrected chi connectivity index (χ2v) is 6.81. The molecule has 1 heterocycles. The van der Waals surface area contributed by atoms with Crippen molar-refractivity contribution in [2.24, 2.45) is 0 Å². The van der Waals surface area contributed by atoms with Gasteiger partial charge >= 0.3 is 0 Å². The maximum absolute atomic E-state index is 5.92. The average molecular weight is 346 g/mol. The molecule has 3 aromatic carbocycles. The molecule has 0 aliphatic carbocycles. The van der Waals surface area contributed by atoms with Gasteiger partial charge in [-0.05, 0) is 42.3 Å². The van der Waals surface area contributed by atoms with Crippen LogP contribution in [0.1, 0.15) is 30.5 Å². The van der Waals surface area contributed by atoms with Crippen LogP contribution >= 0.6 is 0 Å².